The van der Waals surface area contributed by atoms with Crippen molar-refractivity contribution in [3.05, 3.63) is 72.0 Å². The van der Waals surface area contributed by atoms with Gasteiger partial charge in [0.1, 0.15) is 5.60 Å². The van der Waals surface area contributed by atoms with E-state index in [2.05, 4.69) is 45.3 Å². The summed E-state index contributed by atoms with van der Waals surface area (Å²) in [6, 6.07) is 18.4. The molecule has 36 heavy (non-hydrogen) atoms. The molecule has 0 aliphatic carbocycles. The molecule has 0 bridgehead atoms. The van der Waals surface area contributed by atoms with Gasteiger partial charge in [0.2, 0.25) is 5.95 Å². The van der Waals surface area contributed by atoms with E-state index in [0.717, 1.165) is 35.0 Å². The number of amides is 1. The molecule has 5 rings (SSSR count). The summed E-state index contributed by atoms with van der Waals surface area (Å²) in [6.07, 6.45) is 5.20. The van der Waals surface area contributed by atoms with Crippen molar-refractivity contribution in [2.45, 2.75) is 45.3 Å². The van der Waals surface area contributed by atoms with Crippen LogP contribution in [0.15, 0.2) is 67.0 Å². The molecular formula is C28H30ClN5O2. The van der Waals surface area contributed by atoms with Crippen LogP contribution in [-0.4, -0.2) is 50.3 Å². The highest BCUT2D eigenvalue weighted by molar-refractivity contribution is 6.33. The van der Waals surface area contributed by atoms with Crippen molar-refractivity contribution in [3.8, 4) is 16.9 Å². The van der Waals surface area contributed by atoms with Crippen LogP contribution in [-0.2, 0) is 4.74 Å². The number of nitrogens with one attached hydrogen (secondary N) is 1. The lowest BCUT2D eigenvalue weighted by molar-refractivity contribution is 0.0206. The summed E-state index contributed by atoms with van der Waals surface area (Å²) >= 11 is 6.62. The number of carbonyl (C=O) groups is 1. The lowest BCUT2D eigenvalue weighted by Crippen LogP contribution is -2.47. The molecule has 1 atom stereocenters. The first-order valence-corrected chi connectivity index (χ1v) is 12.6. The molecule has 1 aliphatic heterocycles. The molecule has 0 unspecified atom stereocenters. The van der Waals surface area contributed by atoms with E-state index < -0.39 is 5.60 Å². The number of piperidine rings is 1. The quantitative estimate of drug-likeness (QED) is 0.342. The van der Waals surface area contributed by atoms with Crippen LogP contribution in [0.5, 0.6) is 0 Å². The first-order valence-electron chi connectivity index (χ1n) is 12.2. The molecule has 0 radical (unpaired) electrons. The van der Waals surface area contributed by atoms with Crippen molar-refractivity contribution in [1.29, 1.82) is 0 Å². The van der Waals surface area contributed by atoms with Crippen LogP contribution in [0.25, 0.3) is 27.8 Å². The van der Waals surface area contributed by atoms with Crippen LogP contribution in [0.4, 0.5) is 10.7 Å². The number of aromatic nitrogens is 3. The third kappa shape index (κ3) is 5.16. The molecule has 4 aromatic rings. The van der Waals surface area contributed by atoms with E-state index >= 15 is 0 Å². The number of hydrogen-bond donors (Lipinski definition) is 1. The SMILES string of the molecule is CC(C)(C)OC(=O)N1CCC[C@H](Nc2ncc(Cl)c(-c3cn(-c4ccccc4)c4ccccc34)n2)C1. The molecule has 3 heterocycles. The Morgan fingerprint density at radius 3 is 2.64 bits per heavy atom. The number of hydrogen-bond acceptors (Lipinski definition) is 5. The Kier molecular flexibility index (Phi) is 6.58. The van der Waals surface area contributed by atoms with Gasteiger partial charge >= 0.3 is 6.09 Å². The summed E-state index contributed by atoms with van der Waals surface area (Å²) in [5.74, 6) is 0.488. The highest BCUT2D eigenvalue weighted by atomic mass is 35.5. The maximum absolute atomic E-state index is 12.6. The fourth-order valence-corrected chi connectivity index (χ4v) is 4.76. The predicted molar refractivity (Wildman–Crippen MR) is 144 cm³/mol. The normalized spacial score (nSPS) is 16.2. The molecule has 2 aromatic carbocycles. The second-order valence-corrected chi connectivity index (χ2v) is 10.5. The van der Waals surface area contributed by atoms with E-state index in [9.17, 15) is 4.79 Å². The van der Waals surface area contributed by atoms with Crippen molar-refractivity contribution < 1.29 is 9.53 Å². The monoisotopic (exact) mass is 503 g/mol. The molecule has 1 amide bonds. The van der Waals surface area contributed by atoms with Crippen LogP contribution in [0.1, 0.15) is 33.6 Å². The summed E-state index contributed by atoms with van der Waals surface area (Å²) in [6.45, 7) is 6.84. The van der Waals surface area contributed by atoms with E-state index in [-0.39, 0.29) is 12.1 Å². The molecular weight excluding hydrogens is 474 g/mol. The van der Waals surface area contributed by atoms with Gasteiger partial charge in [0.25, 0.3) is 0 Å². The Bertz CT molecular complexity index is 1380. The van der Waals surface area contributed by atoms with Crippen LogP contribution in [0.2, 0.25) is 5.02 Å². The van der Waals surface area contributed by atoms with Gasteiger partial charge in [-0.25, -0.2) is 14.8 Å². The third-order valence-electron chi connectivity index (χ3n) is 6.15. The number of benzene rings is 2. The Morgan fingerprint density at radius 1 is 1.11 bits per heavy atom. The number of nitrogens with zero attached hydrogens (tertiary/aromatic N) is 4. The molecule has 8 heteroatoms. The lowest BCUT2D eigenvalue weighted by atomic mass is 10.1. The highest BCUT2D eigenvalue weighted by Gasteiger charge is 2.28. The second-order valence-electron chi connectivity index (χ2n) is 10.1. The van der Waals surface area contributed by atoms with Crippen LogP contribution >= 0.6 is 11.6 Å². The van der Waals surface area contributed by atoms with E-state index in [1.807, 2.05) is 51.1 Å². The molecule has 1 N–H and O–H groups in total. The topological polar surface area (TPSA) is 72.3 Å². The predicted octanol–water partition coefficient (Wildman–Crippen LogP) is 6.55. The first-order chi connectivity index (χ1) is 17.3. The van der Waals surface area contributed by atoms with Gasteiger partial charge < -0.3 is 19.5 Å². The second kappa shape index (κ2) is 9.82. The van der Waals surface area contributed by atoms with Crippen molar-refractivity contribution >= 4 is 34.5 Å². The lowest BCUT2D eigenvalue weighted by Gasteiger charge is -2.34. The van der Waals surface area contributed by atoms with Crippen molar-refractivity contribution in [2.24, 2.45) is 0 Å². The van der Waals surface area contributed by atoms with Crippen molar-refractivity contribution in [1.82, 2.24) is 19.4 Å². The average Bonchev–Trinajstić information content (AvgIpc) is 3.24. The molecule has 186 valence electrons. The number of para-hydroxylation sites is 2. The standard InChI is InChI=1S/C28H30ClN5O2/c1-28(2,3)36-27(35)33-15-9-10-19(17-33)31-26-30-16-23(29)25(32-26)22-18-34(20-11-5-4-6-12-20)24-14-8-7-13-21(22)24/h4-8,11-14,16,18-19H,9-10,15,17H2,1-3H3,(H,30,31,32)/t19-/m0/s1. The van der Waals surface area contributed by atoms with Gasteiger partial charge in [-0.05, 0) is 51.8 Å². The Labute approximate surface area is 216 Å². The van der Waals surface area contributed by atoms with Crippen LogP contribution in [0, 0.1) is 0 Å². The zero-order valence-corrected chi connectivity index (χ0v) is 21.5. The van der Waals surface area contributed by atoms with E-state index in [1.165, 1.54) is 0 Å². The smallest absolute Gasteiger partial charge is 0.410 e. The average molecular weight is 504 g/mol. The molecule has 1 aliphatic rings. The van der Waals surface area contributed by atoms with Crippen LogP contribution in [0.3, 0.4) is 0 Å². The molecule has 0 spiro atoms. The number of anilines is 1. The van der Waals surface area contributed by atoms with E-state index in [4.69, 9.17) is 21.3 Å². The minimum Gasteiger partial charge on any atom is -0.444 e. The van der Waals surface area contributed by atoms with Gasteiger partial charge in [0.15, 0.2) is 0 Å². The Hall–Kier alpha value is -3.58. The van der Waals surface area contributed by atoms with Gasteiger partial charge in [-0.1, -0.05) is 48.0 Å². The van der Waals surface area contributed by atoms with E-state index in [1.54, 1.807) is 11.1 Å². The summed E-state index contributed by atoms with van der Waals surface area (Å²) in [4.78, 5) is 23.6. The van der Waals surface area contributed by atoms with Crippen LogP contribution < -0.4 is 5.32 Å². The first kappa shape index (κ1) is 24.1. The van der Waals surface area contributed by atoms with Gasteiger partial charge in [0, 0.05) is 42.0 Å². The van der Waals surface area contributed by atoms with Gasteiger partial charge in [0.05, 0.1) is 22.4 Å². The number of fused-ring (bicyclic) bond motifs is 1. The van der Waals surface area contributed by atoms with E-state index in [0.29, 0.717) is 29.8 Å². The number of ether oxygens (including phenoxy) is 1. The van der Waals surface area contributed by atoms with Gasteiger partial charge in [-0.2, -0.15) is 0 Å². The number of rotatable bonds is 4. The highest BCUT2D eigenvalue weighted by Crippen LogP contribution is 2.35. The number of likely N-dealkylation sites (tertiary alicyclic amines) is 1. The zero-order valence-electron chi connectivity index (χ0n) is 20.7. The fourth-order valence-electron chi connectivity index (χ4n) is 4.57. The molecule has 1 saturated heterocycles. The minimum atomic E-state index is -0.523. The van der Waals surface area contributed by atoms with Gasteiger partial charge in [-0.15, -0.1) is 0 Å². The number of carbonyl (C=O) groups excluding carboxylic acids is 1. The Balaban J connectivity index is 1.43. The zero-order chi connectivity index (χ0) is 25.3. The molecule has 7 nitrogen and oxygen atoms in total. The minimum absolute atomic E-state index is 0.0194. The summed E-state index contributed by atoms with van der Waals surface area (Å²) in [5, 5.41) is 4.95. The number of halogens is 1. The van der Waals surface area contributed by atoms with Crippen molar-refractivity contribution in [3.63, 3.8) is 0 Å². The maximum Gasteiger partial charge on any atom is 0.410 e. The maximum atomic E-state index is 12.6. The fraction of sp³-hybridized carbons (Fsp3) is 0.321. The Morgan fingerprint density at radius 2 is 1.86 bits per heavy atom. The summed E-state index contributed by atoms with van der Waals surface area (Å²) in [7, 11) is 0. The molecule has 1 fully saturated rings. The summed E-state index contributed by atoms with van der Waals surface area (Å²) < 4.78 is 7.71. The molecule has 2 aromatic heterocycles. The van der Waals surface area contributed by atoms with Gasteiger partial charge in [-0.3, -0.25) is 0 Å². The van der Waals surface area contributed by atoms with Crippen molar-refractivity contribution in [2.75, 3.05) is 18.4 Å². The summed E-state index contributed by atoms with van der Waals surface area (Å²) in [5.41, 5.74) is 3.21. The molecule has 0 saturated carbocycles. The third-order valence-corrected chi connectivity index (χ3v) is 6.43. The largest absolute Gasteiger partial charge is 0.444 e.